The molecule has 1 N–H and O–H groups in total. The molecular weight excluding hydrogens is 262 g/mol. The summed E-state index contributed by atoms with van der Waals surface area (Å²) in [5, 5.41) is 8.15. The Morgan fingerprint density at radius 2 is 2.10 bits per heavy atom. The lowest BCUT2D eigenvalue weighted by Crippen LogP contribution is -2.50. The molecule has 0 atom stereocenters. The van der Waals surface area contributed by atoms with Gasteiger partial charge in [0.05, 0.1) is 6.54 Å². The van der Waals surface area contributed by atoms with E-state index in [4.69, 9.17) is 0 Å². The molecule has 0 unspecified atom stereocenters. The van der Waals surface area contributed by atoms with E-state index in [-0.39, 0.29) is 5.54 Å². The van der Waals surface area contributed by atoms with Crippen LogP contribution in [-0.4, -0.2) is 44.8 Å². The van der Waals surface area contributed by atoms with E-state index in [2.05, 4.69) is 52.7 Å². The lowest BCUT2D eigenvalue weighted by atomic mass is 9.92. The van der Waals surface area contributed by atoms with Crippen molar-refractivity contribution in [2.45, 2.75) is 65.6 Å². The fourth-order valence-corrected chi connectivity index (χ4v) is 3.19. The molecule has 5 heteroatoms. The number of rotatable bonds is 6. The minimum absolute atomic E-state index is 0.263. The monoisotopic (exact) mass is 293 g/mol. The van der Waals surface area contributed by atoms with Gasteiger partial charge in [-0.05, 0) is 38.3 Å². The summed E-state index contributed by atoms with van der Waals surface area (Å²) in [5.41, 5.74) is 0.263. The second-order valence-electron chi connectivity index (χ2n) is 6.73. The van der Waals surface area contributed by atoms with Crippen LogP contribution in [-0.2, 0) is 13.1 Å². The Bertz CT molecular complexity index is 422. The highest BCUT2D eigenvalue weighted by atomic mass is 15.4. The molecule has 0 aromatic carbocycles. The molecule has 1 aromatic rings. The molecule has 2 rings (SSSR count). The van der Waals surface area contributed by atoms with Gasteiger partial charge in [-0.3, -0.25) is 4.90 Å². The van der Waals surface area contributed by atoms with Crippen molar-refractivity contribution in [3.05, 3.63) is 12.2 Å². The second kappa shape index (κ2) is 7.36. The maximum Gasteiger partial charge on any atom is 0.141 e. The van der Waals surface area contributed by atoms with Crippen LogP contribution in [0.3, 0.4) is 0 Å². The summed E-state index contributed by atoms with van der Waals surface area (Å²) in [7, 11) is 0. The molecule has 2 heterocycles. The Morgan fingerprint density at radius 1 is 1.33 bits per heavy atom. The molecule has 1 saturated heterocycles. The zero-order chi connectivity index (χ0) is 15.3. The van der Waals surface area contributed by atoms with Crippen LogP contribution in [0.25, 0.3) is 0 Å². The van der Waals surface area contributed by atoms with Crippen molar-refractivity contribution in [3.63, 3.8) is 0 Å². The molecule has 5 nitrogen and oxygen atoms in total. The third-order valence-electron chi connectivity index (χ3n) is 4.63. The predicted octanol–water partition coefficient (Wildman–Crippen LogP) is 2.29. The summed E-state index contributed by atoms with van der Waals surface area (Å²) < 4.78 is 2.07. The summed E-state index contributed by atoms with van der Waals surface area (Å²) in [6.45, 7) is 14.3. The lowest BCUT2D eigenvalue weighted by Gasteiger charge is -2.35. The van der Waals surface area contributed by atoms with Crippen molar-refractivity contribution in [2.75, 3.05) is 19.6 Å². The van der Waals surface area contributed by atoms with E-state index >= 15 is 0 Å². The average molecular weight is 293 g/mol. The molecule has 1 fully saturated rings. The minimum Gasteiger partial charge on any atom is -0.310 e. The van der Waals surface area contributed by atoms with Gasteiger partial charge in [-0.15, -0.1) is 0 Å². The first-order valence-corrected chi connectivity index (χ1v) is 8.42. The van der Waals surface area contributed by atoms with Gasteiger partial charge >= 0.3 is 0 Å². The molecule has 0 amide bonds. The first-order chi connectivity index (χ1) is 10.1. The van der Waals surface area contributed by atoms with Gasteiger partial charge in [0.25, 0.3) is 0 Å². The highest BCUT2D eigenvalue weighted by Crippen LogP contribution is 2.20. The fraction of sp³-hybridized carbons (Fsp3) is 0.875. The van der Waals surface area contributed by atoms with Crippen LogP contribution in [0.4, 0.5) is 0 Å². The van der Waals surface area contributed by atoms with Crippen molar-refractivity contribution >= 4 is 0 Å². The predicted molar refractivity (Wildman–Crippen MR) is 86.1 cm³/mol. The van der Waals surface area contributed by atoms with Gasteiger partial charge in [-0.1, -0.05) is 27.7 Å². The molecule has 0 aliphatic carbocycles. The Labute approximate surface area is 129 Å². The van der Waals surface area contributed by atoms with Crippen LogP contribution in [0.2, 0.25) is 0 Å². The van der Waals surface area contributed by atoms with Crippen LogP contribution in [0, 0.1) is 5.92 Å². The lowest BCUT2D eigenvalue weighted by molar-refractivity contribution is 0.184. The van der Waals surface area contributed by atoms with Crippen molar-refractivity contribution in [1.82, 2.24) is 25.0 Å². The van der Waals surface area contributed by atoms with Gasteiger partial charge in [0.15, 0.2) is 0 Å². The molecule has 1 aliphatic heterocycles. The smallest absolute Gasteiger partial charge is 0.141 e. The van der Waals surface area contributed by atoms with Crippen LogP contribution in [0.15, 0.2) is 6.33 Å². The molecule has 1 aliphatic rings. The van der Waals surface area contributed by atoms with E-state index in [9.17, 15) is 0 Å². The SMILES string of the molecule is CCC1(CC)CN(Cc2ncnn2CC(C)C)CCCN1. The maximum atomic E-state index is 4.48. The number of nitrogens with one attached hydrogen (secondary N) is 1. The Morgan fingerprint density at radius 3 is 2.76 bits per heavy atom. The van der Waals surface area contributed by atoms with Gasteiger partial charge in [-0.25, -0.2) is 9.67 Å². The minimum atomic E-state index is 0.263. The topological polar surface area (TPSA) is 46.0 Å². The summed E-state index contributed by atoms with van der Waals surface area (Å²) in [6.07, 6.45) is 5.26. The summed E-state index contributed by atoms with van der Waals surface area (Å²) in [4.78, 5) is 7.03. The quantitative estimate of drug-likeness (QED) is 0.874. The average Bonchev–Trinajstić information content (AvgIpc) is 2.77. The molecule has 0 spiro atoms. The summed E-state index contributed by atoms with van der Waals surface area (Å²) >= 11 is 0. The molecular formula is C16H31N5. The zero-order valence-electron chi connectivity index (χ0n) is 14.1. The number of nitrogens with zero attached hydrogens (tertiary/aromatic N) is 4. The Balaban J connectivity index is 2.06. The maximum absolute atomic E-state index is 4.48. The highest BCUT2D eigenvalue weighted by molar-refractivity contribution is 4.93. The van der Waals surface area contributed by atoms with Crippen molar-refractivity contribution in [1.29, 1.82) is 0 Å². The van der Waals surface area contributed by atoms with Crippen molar-refractivity contribution < 1.29 is 0 Å². The molecule has 120 valence electrons. The normalized spacial score (nSPS) is 19.9. The van der Waals surface area contributed by atoms with Crippen LogP contribution in [0.1, 0.15) is 52.8 Å². The molecule has 1 aromatic heterocycles. The van der Waals surface area contributed by atoms with Crippen molar-refractivity contribution in [3.8, 4) is 0 Å². The standard InChI is InChI=1S/C16H31N5/c1-5-16(6-2)12-20(9-7-8-18-16)11-15-17-13-19-21(15)10-14(3)4/h13-14,18H,5-12H2,1-4H3. The van der Waals surface area contributed by atoms with Gasteiger partial charge in [-0.2, -0.15) is 5.10 Å². The van der Waals surface area contributed by atoms with E-state index in [0.29, 0.717) is 5.92 Å². The molecule has 0 saturated carbocycles. The fourth-order valence-electron chi connectivity index (χ4n) is 3.19. The molecule has 0 radical (unpaired) electrons. The number of aromatic nitrogens is 3. The van der Waals surface area contributed by atoms with E-state index < -0.39 is 0 Å². The Kier molecular flexibility index (Phi) is 5.76. The van der Waals surface area contributed by atoms with E-state index in [1.54, 1.807) is 6.33 Å². The van der Waals surface area contributed by atoms with Gasteiger partial charge in [0, 0.05) is 18.6 Å². The molecule has 0 bridgehead atoms. The largest absolute Gasteiger partial charge is 0.310 e. The summed E-state index contributed by atoms with van der Waals surface area (Å²) in [6, 6.07) is 0. The van der Waals surface area contributed by atoms with Crippen molar-refractivity contribution in [2.24, 2.45) is 5.92 Å². The molecule has 21 heavy (non-hydrogen) atoms. The number of hydrogen-bond donors (Lipinski definition) is 1. The van der Waals surface area contributed by atoms with Crippen LogP contribution >= 0.6 is 0 Å². The van der Waals surface area contributed by atoms with E-state index in [0.717, 1.165) is 38.5 Å². The number of hydrogen-bond acceptors (Lipinski definition) is 4. The second-order valence-corrected chi connectivity index (χ2v) is 6.73. The van der Waals surface area contributed by atoms with Gasteiger partial charge in [0.1, 0.15) is 12.2 Å². The van der Waals surface area contributed by atoms with Gasteiger partial charge in [0.2, 0.25) is 0 Å². The Hall–Kier alpha value is -0.940. The third-order valence-corrected chi connectivity index (χ3v) is 4.63. The summed E-state index contributed by atoms with van der Waals surface area (Å²) in [5.74, 6) is 1.70. The van der Waals surface area contributed by atoms with E-state index in [1.165, 1.54) is 19.3 Å². The van der Waals surface area contributed by atoms with Crippen LogP contribution < -0.4 is 5.32 Å². The first-order valence-electron chi connectivity index (χ1n) is 8.42. The van der Waals surface area contributed by atoms with Crippen LogP contribution in [0.5, 0.6) is 0 Å². The third kappa shape index (κ3) is 4.27. The zero-order valence-corrected chi connectivity index (χ0v) is 14.1. The first kappa shape index (κ1) is 16.4. The van der Waals surface area contributed by atoms with E-state index in [1.807, 2.05) is 0 Å². The van der Waals surface area contributed by atoms with Gasteiger partial charge < -0.3 is 5.32 Å². The highest BCUT2D eigenvalue weighted by Gasteiger charge is 2.30.